The Balaban J connectivity index is 3.26. The molecule has 0 spiro atoms. The first kappa shape index (κ1) is 12.0. The minimum absolute atomic E-state index is 0.374. The van der Waals surface area contributed by atoms with E-state index in [1.165, 1.54) is 38.3 Å². The van der Waals surface area contributed by atoms with Crippen LogP contribution in [0.15, 0.2) is 29.4 Å². The zero-order valence-corrected chi connectivity index (χ0v) is 8.85. The number of esters is 1. The third kappa shape index (κ3) is 2.12. The summed E-state index contributed by atoms with van der Waals surface area (Å²) in [6.07, 6.45) is 0. The fraction of sp³-hybridized carbons (Fsp3) is 0.300. The van der Waals surface area contributed by atoms with Crippen molar-refractivity contribution in [3.63, 3.8) is 0 Å². The normalized spacial score (nSPS) is 13.4. The number of ether oxygens (including phenoxy) is 1. The molecular weight excluding hydrogens is 213 g/mol. The van der Waals surface area contributed by atoms with E-state index in [0.29, 0.717) is 5.56 Å². The average molecular weight is 223 g/mol. The third-order valence-corrected chi connectivity index (χ3v) is 2.23. The standard InChI is InChI=1S/C10H10FN3O2/c1-10(13-14-12,9(15)16-2)7-3-5-8(11)6-4-7/h3-6H,1-2H3. The molecular formula is C10H10FN3O2. The first-order valence-corrected chi connectivity index (χ1v) is 4.45. The van der Waals surface area contributed by atoms with Crippen molar-refractivity contribution in [1.29, 1.82) is 0 Å². The van der Waals surface area contributed by atoms with Crippen LogP contribution in [0.3, 0.4) is 0 Å². The lowest BCUT2D eigenvalue weighted by atomic mass is 9.93. The van der Waals surface area contributed by atoms with Crippen LogP contribution in [0.4, 0.5) is 4.39 Å². The zero-order chi connectivity index (χ0) is 12.2. The second kappa shape index (κ2) is 4.63. The highest BCUT2D eigenvalue weighted by atomic mass is 19.1. The van der Waals surface area contributed by atoms with Crippen molar-refractivity contribution >= 4 is 5.97 Å². The molecule has 0 aromatic heterocycles. The number of rotatable bonds is 3. The van der Waals surface area contributed by atoms with E-state index in [1.807, 2.05) is 0 Å². The Bertz CT molecular complexity index is 440. The molecule has 5 nitrogen and oxygen atoms in total. The zero-order valence-electron chi connectivity index (χ0n) is 8.85. The maximum absolute atomic E-state index is 12.7. The first-order chi connectivity index (χ1) is 7.54. The Morgan fingerprint density at radius 2 is 2.06 bits per heavy atom. The number of methoxy groups -OCH3 is 1. The van der Waals surface area contributed by atoms with Crippen LogP contribution in [0.25, 0.3) is 10.4 Å². The fourth-order valence-corrected chi connectivity index (χ4v) is 1.28. The van der Waals surface area contributed by atoms with Gasteiger partial charge in [0, 0.05) is 4.91 Å². The van der Waals surface area contributed by atoms with Crippen molar-refractivity contribution in [2.45, 2.75) is 12.5 Å². The molecule has 0 amide bonds. The molecule has 1 aromatic rings. The highest BCUT2D eigenvalue weighted by Crippen LogP contribution is 2.27. The van der Waals surface area contributed by atoms with Crippen molar-refractivity contribution in [2.24, 2.45) is 5.11 Å². The number of azide groups is 1. The van der Waals surface area contributed by atoms with Gasteiger partial charge in [-0.15, -0.1) is 0 Å². The van der Waals surface area contributed by atoms with E-state index >= 15 is 0 Å². The van der Waals surface area contributed by atoms with E-state index in [4.69, 9.17) is 5.53 Å². The van der Waals surface area contributed by atoms with E-state index in [9.17, 15) is 9.18 Å². The Hall–Kier alpha value is -2.07. The summed E-state index contributed by atoms with van der Waals surface area (Å²) in [6.45, 7) is 1.41. The molecule has 6 heteroatoms. The van der Waals surface area contributed by atoms with Crippen molar-refractivity contribution < 1.29 is 13.9 Å². The van der Waals surface area contributed by atoms with Gasteiger partial charge in [-0.25, -0.2) is 4.39 Å². The summed E-state index contributed by atoms with van der Waals surface area (Å²) < 4.78 is 17.3. The summed E-state index contributed by atoms with van der Waals surface area (Å²) in [7, 11) is 1.19. The van der Waals surface area contributed by atoms with Gasteiger partial charge < -0.3 is 4.74 Å². The molecule has 1 unspecified atom stereocenters. The summed E-state index contributed by atoms with van der Waals surface area (Å²) in [4.78, 5) is 14.1. The van der Waals surface area contributed by atoms with E-state index in [-0.39, 0.29) is 0 Å². The molecule has 0 radical (unpaired) electrons. The molecule has 0 N–H and O–H groups in total. The Labute approximate surface area is 91.5 Å². The number of carbonyl (C=O) groups is 1. The molecule has 0 bridgehead atoms. The van der Waals surface area contributed by atoms with Crippen molar-refractivity contribution in [2.75, 3.05) is 7.11 Å². The van der Waals surface area contributed by atoms with Gasteiger partial charge in [-0.05, 0) is 30.2 Å². The van der Waals surface area contributed by atoms with Gasteiger partial charge >= 0.3 is 5.97 Å². The number of hydrogen-bond acceptors (Lipinski definition) is 3. The second-order valence-corrected chi connectivity index (χ2v) is 3.26. The van der Waals surface area contributed by atoms with E-state index in [2.05, 4.69) is 14.8 Å². The van der Waals surface area contributed by atoms with Crippen molar-refractivity contribution in [3.05, 3.63) is 46.1 Å². The van der Waals surface area contributed by atoms with Crippen LogP contribution in [0.1, 0.15) is 12.5 Å². The number of hydrogen-bond donors (Lipinski definition) is 0. The molecule has 0 aliphatic carbocycles. The molecule has 0 fully saturated rings. The fourth-order valence-electron chi connectivity index (χ4n) is 1.28. The first-order valence-electron chi connectivity index (χ1n) is 4.45. The second-order valence-electron chi connectivity index (χ2n) is 3.26. The number of nitrogens with zero attached hydrogens (tertiary/aromatic N) is 3. The molecule has 84 valence electrons. The van der Waals surface area contributed by atoms with Gasteiger partial charge in [0.2, 0.25) is 0 Å². The minimum atomic E-state index is -1.48. The van der Waals surface area contributed by atoms with Crippen molar-refractivity contribution in [1.82, 2.24) is 0 Å². The lowest BCUT2D eigenvalue weighted by molar-refractivity contribution is -0.146. The van der Waals surface area contributed by atoms with Gasteiger partial charge in [0.05, 0.1) is 7.11 Å². The number of carbonyl (C=O) groups excluding carboxylic acids is 1. The largest absolute Gasteiger partial charge is 0.468 e. The number of benzene rings is 1. The van der Waals surface area contributed by atoms with Gasteiger partial charge in [0.25, 0.3) is 0 Å². The summed E-state index contributed by atoms with van der Waals surface area (Å²) in [5, 5.41) is 3.41. The van der Waals surface area contributed by atoms with Gasteiger partial charge in [0.15, 0.2) is 5.54 Å². The smallest absolute Gasteiger partial charge is 0.322 e. The SMILES string of the molecule is COC(=O)C(C)(N=[N+]=[N-])c1ccc(F)cc1. The molecule has 0 saturated carbocycles. The molecule has 1 rings (SSSR count). The van der Waals surface area contributed by atoms with E-state index in [1.54, 1.807) is 0 Å². The lowest BCUT2D eigenvalue weighted by Gasteiger charge is -2.21. The van der Waals surface area contributed by atoms with Gasteiger partial charge in [0.1, 0.15) is 5.82 Å². The molecule has 0 heterocycles. The molecule has 0 aliphatic rings. The Morgan fingerprint density at radius 3 is 2.50 bits per heavy atom. The summed E-state index contributed by atoms with van der Waals surface area (Å²) >= 11 is 0. The Kier molecular flexibility index (Phi) is 3.48. The average Bonchev–Trinajstić information content (AvgIpc) is 2.29. The lowest BCUT2D eigenvalue weighted by Crippen LogP contribution is -2.31. The van der Waals surface area contributed by atoms with Crippen LogP contribution in [0.5, 0.6) is 0 Å². The van der Waals surface area contributed by atoms with E-state index < -0.39 is 17.3 Å². The predicted molar refractivity (Wildman–Crippen MR) is 54.9 cm³/mol. The predicted octanol–water partition coefficient (Wildman–Crippen LogP) is 2.52. The van der Waals surface area contributed by atoms with Gasteiger partial charge in [-0.3, -0.25) is 4.79 Å². The molecule has 1 aromatic carbocycles. The quantitative estimate of drug-likeness (QED) is 0.341. The molecule has 0 aliphatic heterocycles. The van der Waals surface area contributed by atoms with Crippen LogP contribution >= 0.6 is 0 Å². The molecule has 1 atom stereocenters. The van der Waals surface area contributed by atoms with Crippen LogP contribution in [-0.2, 0) is 15.1 Å². The number of halogens is 1. The summed E-state index contributed by atoms with van der Waals surface area (Å²) in [5.74, 6) is -1.13. The Morgan fingerprint density at radius 1 is 1.50 bits per heavy atom. The van der Waals surface area contributed by atoms with E-state index in [0.717, 1.165) is 0 Å². The van der Waals surface area contributed by atoms with Crippen LogP contribution in [0, 0.1) is 5.82 Å². The molecule has 16 heavy (non-hydrogen) atoms. The highest BCUT2D eigenvalue weighted by molar-refractivity contribution is 5.82. The topological polar surface area (TPSA) is 75.1 Å². The summed E-state index contributed by atoms with van der Waals surface area (Å²) in [6, 6.07) is 5.12. The monoisotopic (exact) mass is 223 g/mol. The van der Waals surface area contributed by atoms with Gasteiger partial charge in [-0.2, -0.15) is 0 Å². The maximum atomic E-state index is 12.7. The third-order valence-electron chi connectivity index (χ3n) is 2.23. The van der Waals surface area contributed by atoms with Crippen LogP contribution < -0.4 is 0 Å². The maximum Gasteiger partial charge on any atom is 0.322 e. The van der Waals surface area contributed by atoms with Crippen LogP contribution in [0.2, 0.25) is 0 Å². The van der Waals surface area contributed by atoms with Gasteiger partial charge in [-0.1, -0.05) is 17.2 Å². The summed E-state index contributed by atoms with van der Waals surface area (Å²) in [5.41, 5.74) is 7.34. The minimum Gasteiger partial charge on any atom is -0.468 e. The highest BCUT2D eigenvalue weighted by Gasteiger charge is 2.35. The van der Waals surface area contributed by atoms with Crippen LogP contribution in [-0.4, -0.2) is 13.1 Å². The van der Waals surface area contributed by atoms with Crippen molar-refractivity contribution in [3.8, 4) is 0 Å². The molecule has 0 saturated heterocycles.